The number of hydrogen-bond acceptors (Lipinski definition) is 6. The Morgan fingerprint density at radius 3 is 2.05 bits per heavy atom. The number of fused-ring (bicyclic) bond motifs is 1. The molecule has 0 saturated carbocycles. The Morgan fingerprint density at radius 2 is 1.55 bits per heavy atom. The van der Waals surface area contributed by atoms with Gasteiger partial charge in [-0.3, -0.25) is 0 Å². The molecular formula is C12H15ClFN5S. The molecule has 0 spiro atoms. The number of hydrogen-bond donors (Lipinski definition) is 0. The average molecular weight is 316 g/mol. The Balaban J connectivity index is 2.98. The van der Waals surface area contributed by atoms with Crippen molar-refractivity contribution < 1.29 is 4.39 Å². The number of anilines is 2. The summed E-state index contributed by atoms with van der Waals surface area (Å²) in [5.41, 5.74) is 0.191. The van der Waals surface area contributed by atoms with E-state index in [2.05, 4.69) is 15.0 Å². The molecule has 0 atom stereocenters. The number of rotatable bonds is 3. The standard InChI is InChI=1S/C12H15ClFN5S/c1-18(2)10-6-8(7(14)9(13)16-10)15-12(20-5)17-11(6)19(3)4/h1-5H3. The average Bonchev–Trinajstić information content (AvgIpc) is 2.41. The molecule has 2 aromatic rings. The van der Waals surface area contributed by atoms with Crippen LogP contribution in [0.4, 0.5) is 16.0 Å². The maximum Gasteiger partial charge on any atom is 0.189 e. The molecule has 0 N–H and O–H groups in total. The summed E-state index contributed by atoms with van der Waals surface area (Å²) in [5, 5.41) is 0.864. The molecule has 0 bridgehead atoms. The van der Waals surface area contributed by atoms with Crippen LogP contribution in [-0.2, 0) is 0 Å². The molecule has 8 heteroatoms. The summed E-state index contributed by atoms with van der Waals surface area (Å²) in [6, 6.07) is 0. The molecule has 0 aliphatic rings. The fraction of sp³-hybridized carbons (Fsp3) is 0.417. The van der Waals surface area contributed by atoms with Crippen LogP contribution < -0.4 is 9.80 Å². The zero-order valence-corrected chi connectivity index (χ0v) is 13.5. The minimum absolute atomic E-state index is 0.184. The monoisotopic (exact) mass is 315 g/mol. The molecule has 0 amide bonds. The number of thioether (sulfide) groups is 1. The van der Waals surface area contributed by atoms with Crippen molar-refractivity contribution in [3.05, 3.63) is 11.0 Å². The van der Waals surface area contributed by atoms with Gasteiger partial charge < -0.3 is 9.80 Å². The predicted molar refractivity (Wildman–Crippen MR) is 82.7 cm³/mol. The van der Waals surface area contributed by atoms with Crippen LogP contribution in [0.25, 0.3) is 10.9 Å². The van der Waals surface area contributed by atoms with E-state index in [4.69, 9.17) is 11.6 Å². The molecule has 0 saturated heterocycles. The van der Waals surface area contributed by atoms with E-state index < -0.39 is 5.82 Å². The van der Waals surface area contributed by atoms with E-state index in [1.165, 1.54) is 11.8 Å². The lowest BCUT2D eigenvalue weighted by Crippen LogP contribution is -2.17. The lowest BCUT2D eigenvalue weighted by atomic mass is 10.2. The van der Waals surface area contributed by atoms with Crippen molar-refractivity contribution >= 4 is 45.9 Å². The first-order valence-electron chi connectivity index (χ1n) is 5.82. The van der Waals surface area contributed by atoms with Crippen LogP contribution in [0, 0.1) is 5.82 Å². The maximum atomic E-state index is 14.3. The van der Waals surface area contributed by atoms with Crippen molar-refractivity contribution in [1.29, 1.82) is 0 Å². The molecule has 0 aromatic carbocycles. The van der Waals surface area contributed by atoms with Crippen molar-refractivity contribution in [2.75, 3.05) is 44.2 Å². The molecule has 108 valence electrons. The van der Waals surface area contributed by atoms with Crippen molar-refractivity contribution in [1.82, 2.24) is 15.0 Å². The SMILES string of the molecule is CSc1nc(N(C)C)c2c(N(C)C)nc(Cl)c(F)c2n1. The fourth-order valence-corrected chi connectivity index (χ4v) is 2.36. The van der Waals surface area contributed by atoms with Gasteiger partial charge in [-0.15, -0.1) is 0 Å². The van der Waals surface area contributed by atoms with Gasteiger partial charge in [0, 0.05) is 28.2 Å². The van der Waals surface area contributed by atoms with Crippen molar-refractivity contribution in [2.24, 2.45) is 0 Å². The fourth-order valence-electron chi connectivity index (χ4n) is 1.83. The summed E-state index contributed by atoms with van der Waals surface area (Å²) in [7, 11) is 7.32. The second kappa shape index (κ2) is 5.57. The highest BCUT2D eigenvalue weighted by molar-refractivity contribution is 7.98. The molecular weight excluding hydrogens is 301 g/mol. The van der Waals surface area contributed by atoms with Crippen LogP contribution in [0.15, 0.2) is 5.16 Å². The summed E-state index contributed by atoms with van der Waals surface area (Å²) in [4.78, 5) is 16.4. The van der Waals surface area contributed by atoms with Crippen LogP contribution >= 0.6 is 23.4 Å². The maximum absolute atomic E-state index is 14.3. The van der Waals surface area contributed by atoms with Gasteiger partial charge in [-0.2, -0.15) is 0 Å². The van der Waals surface area contributed by atoms with Crippen molar-refractivity contribution in [3.63, 3.8) is 0 Å². The van der Waals surface area contributed by atoms with E-state index in [0.29, 0.717) is 22.2 Å². The Labute approximate surface area is 126 Å². The summed E-state index contributed by atoms with van der Waals surface area (Å²) >= 11 is 7.22. The normalized spacial score (nSPS) is 10.9. The van der Waals surface area contributed by atoms with E-state index in [-0.39, 0.29) is 10.7 Å². The first-order chi connectivity index (χ1) is 9.36. The Bertz CT molecular complexity index is 662. The second-order valence-corrected chi connectivity index (χ2v) is 5.72. The molecule has 2 rings (SSSR count). The zero-order valence-electron chi connectivity index (χ0n) is 11.9. The van der Waals surface area contributed by atoms with Crippen molar-refractivity contribution in [2.45, 2.75) is 5.16 Å². The van der Waals surface area contributed by atoms with Gasteiger partial charge in [0.1, 0.15) is 17.2 Å². The minimum Gasteiger partial charge on any atom is -0.362 e. The van der Waals surface area contributed by atoms with Crippen LogP contribution in [0.3, 0.4) is 0 Å². The molecule has 0 fully saturated rings. The highest BCUT2D eigenvalue weighted by Crippen LogP contribution is 2.35. The van der Waals surface area contributed by atoms with Gasteiger partial charge in [-0.05, 0) is 6.26 Å². The third-order valence-electron chi connectivity index (χ3n) is 2.72. The third-order valence-corrected chi connectivity index (χ3v) is 3.51. The number of aromatic nitrogens is 3. The van der Waals surface area contributed by atoms with E-state index >= 15 is 0 Å². The van der Waals surface area contributed by atoms with Gasteiger partial charge in [-0.25, -0.2) is 19.3 Å². The highest BCUT2D eigenvalue weighted by atomic mass is 35.5. The van der Waals surface area contributed by atoms with Crippen LogP contribution in [-0.4, -0.2) is 49.4 Å². The minimum atomic E-state index is -0.618. The van der Waals surface area contributed by atoms with Gasteiger partial charge in [0.25, 0.3) is 0 Å². The van der Waals surface area contributed by atoms with Gasteiger partial charge >= 0.3 is 0 Å². The largest absolute Gasteiger partial charge is 0.362 e. The quantitative estimate of drug-likeness (QED) is 0.493. The molecule has 0 aliphatic carbocycles. The lowest BCUT2D eigenvalue weighted by Gasteiger charge is -2.20. The van der Waals surface area contributed by atoms with Gasteiger partial charge in [0.2, 0.25) is 0 Å². The zero-order chi connectivity index (χ0) is 15.0. The number of nitrogens with zero attached hydrogens (tertiary/aromatic N) is 5. The van der Waals surface area contributed by atoms with Crippen molar-refractivity contribution in [3.8, 4) is 0 Å². The van der Waals surface area contributed by atoms with Gasteiger partial charge in [0.15, 0.2) is 16.1 Å². The Morgan fingerprint density at radius 1 is 1.00 bits per heavy atom. The van der Waals surface area contributed by atoms with Gasteiger partial charge in [0.05, 0.1) is 5.39 Å². The molecule has 20 heavy (non-hydrogen) atoms. The predicted octanol–water partition coefficient (Wildman–Crippen LogP) is 2.67. The lowest BCUT2D eigenvalue weighted by molar-refractivity contribution is 0.629. The Kier molecular flexibility index (Phi) is 4.19. The molecule has 0 aliphatic heterocycles. The van der Waals surface area contributed by atoms with E-state index in [1.807, 2.05) is 39.3 Å². The first kappa shape index (κ1) is 15.1. The van der Waals surface area contributed by atoms with Gasteiger partial charge in [-0.1, -0.05) is 23.4 Å². The molecule has 5 nitrogen and oxygen atoms in total. The third kappa shape index (κ3) is 2.47. The summed E-state index contributed by atoms with van der Waals surface area (Å²) in [6.07, 6.45) is 1.84. The van der Waals surface area contributed by atoms with E-state index in [0.717, 1.165) is 0 Å². The molecule has 2 heterocycles. The van der Waals surface area contributed by atoms with E-state index in [1.54, 1.807) is 4.90 Å². The number of halogens is 2. The molecule has 0 unspecified atom stereocenters. The van der Waals surface area contributed by atoms with Crippen LogP contribution in [0.2, 0.25) is 5.15 Å². The topological polar surface area (TPSA) is 45.2 Å². The molecule has 0 radical (unpaired) electrons. The van der Waals surface area contributed by atoms with Crippen LogP contribution in [0.5, 0.6) is 0 Å². The summed E-state index contributed by atoms with van der Waals surface area (Å²) in [5.74, 6) is 0.543. The van der Waals surface area contributed by atoms with E-state index in [9.17, 15) is 4.39 Å². The van der Waals surface area contributed by atoms with Crippen LogP contribution in [0.1, 0.15) is 0 Å². The Hall–Kier alpha value is -1.34. The highest BCUT2D eigenvalue weighted by Gasteiger charge is 2.21. The smallest absolute Gasteiger partial charge is 0.189 e. The molecule has 2 aromatic heterocycles. The second-order valence-electron chi connectivity index (χ2n) is 4.59. The summed E-state index contributed by atoms with van der Waals surface area (Å²) < 4.78 is 14.3. The first-order valence-corrected chi connectivity index (χ1v) is 7.42. The summed E-state index contributed by atoms with van der Waals surface area (Å²) in [6.45, 7) is 0. The number of pyridine rings is 1.